The molecule has 2 rings (SSSR count). The van der Waals surface area contributed by atoms with Crippen molar-refractivity contribution in [1.29, 1.82) is 0 Å². The molecule has 3 nitrogen and oxygen atoms in total. The summed E-state index contributed by atoms with van der Waals surface area (Å²) >= 11 is 11.8. The molecular weight excluding hydrogens is 297 g/mol. The van der Waals surface area contributed by atoms with E-state index in [9.17, 15) is 4.79 Å². The lowest BCUT2D eigenvalue weighted by molar-refractivity contribution is -0.143. The summed E-state index contributed by atoms with van der Waals surface area (Å²) in [7, 11) is 0. The van der Waals surface area contributed by atoms with E-state index in [2.05, 4.69) is 5.32 Å². The molecule has 0 heterocycles. The molecule has 0 spiro atoms. The molecule has 110 valence electrons. The highest BCUT2D eigenvalue weighted by Gasteiger charge is 2.25. The van der Waals surface area contributed by atoms with Gasteiger partial charge in [0.15, 0.2) is 0 Å². The molecule has 0 amide bonds. The van der Waals surface area contributed by atoms with Crippen molar-refractivity contribution in [2.45, 2.75) is 32.2 Å². The van der Waals surface area contributed by atoms with Gasteiger partial charge >= 0.3 is 5.97 Å². The first-order valence-corrected chi connectivity index (χ1v) is 7.69. The highest BCUT2D eigenvalue weighted by Crippen LogP contribution is 2.28. The van der Waals surface area contributed by atoms with Crippen LogP contribution in [-0.4, -0.2) is 17.6 Å². The normalized spacial score (nSPS) is 22.7. The summed E-state index contributed by atoms with van der Waals surface area (Å²) in [4.78, 5) is 10.9. The quantitative estimate of drug-likeness (QED) is 0.864. The molecule has 0 unspecified atom stereocenters. The molecule has 0 aliphatic heterocycles. The van der Waals surface area contributed by atoms with Crippen LogP contribution < -0.4 is 5.32 Å². The van der Waals surface area contributed by atoms with Gasteiger partial charge in [-0.25, -0.2) is 0 Å². The molecule has 0 atom stereocenters. The van der Waals surface area contributed by atoms with Gasteiger partial charge in [-0.05, 0) is 55.8 Å². The highest BCUT2D eigenvalue weighted by atomic mass is 35.5. The van der Waals surface area contributed by atoms with Crippen molar-refractivity contribution < 1.29 is 9.90 Å². The monoisotopic (exact) mass is 315 g/mol. The lowest BCUT2D eigenvalue weighted by Crippen LogP contribution is -2.28. The number of rotatable bonds is 5. The molecule has 1 aliphatic rings. The third-order valence-electron chi connectivity index (χ3n) is 3.94. The van der Waals surface area contributed by atoms with Gasteiger partial charge in [0, 0.05) is 6.54 Å². The van der Waals surface area contributed by atoms with Gasteiger partial charge in [0.2, 0.25) is 0 Å². The average Bonchev–Trinajstić information content (AvgIpc) is 2.43. The first kappa shape index (κ1) is 15.6. The molecule has 1 aliphatic carbocycles. The van der Waals surface area contributed by atoms with Crippen molar-refractivity contribution in [2.24, 2.45) is 11.8 Å². The Bertz CT molecular complexity index is 471. The Labute approximate surface area is 129 Å². The Morgan fingerprint density at radius 3 is 2.50 bits per heavy atom. The van der Waals surface area contributed by atoms with Gasteiger partial charge in [-0.2, -0.15) is 0 Å². The molecule has 0 aromatic heterocycles. The van der Waals surface area contributed by atoms with Crippen molar-refractivity contribution in [3.8, 4) is 0 Å². The predicted octanol–water partition coefficient (Wildman–Crippen LogP) is 3.97. The van der Waals surface area contributed by atoms with E-state index in [1.165, 1.54) is 0 Å². The maximum absolute atomic E-state index is 10.9. The zero-order valence-corrected chi connectivity index (χ0v) is 12.8. The van der Waals surface area contributed by atoms with Crippen molar-refractivity contribution >= 4 is 29.2 Å². The van der Waals surface area contributed by atoms with Gasteiger partial charge in [0.1, 0.15) is 0 Å². The van der Waals surface area contributed by atoms with Gasteiger partial charge in [-0.1, -0.05) is 29.3 Å². The molecule has 1 fully saturated rings. The maximum Gasteiger partial charge on any atom is 0.306 e. The summed E-state index contributed by atoms with van der Waals surface area (Å²) in [5, 5.41) is 13.5. The number of aliphatic carboxylic acids is 1. The molecular formula is C15H19Cl2NO2. The topological polar surface area (TPSA) is 49.3 Å². The first-order chi connectivity index (χ1) is 9.56. The van der Waals surface area contributed by atoms with Crippen molar-refractivity contribution in [2.75, 3.05) is 6.54 Å². The van der Waals surface area contributed by atoms with Crippen molar-refractivity contribution in [3.63, 3.8) is 0 Å². The number of hydrogen-bond donors (Lipinski definition) is 2. The van der Waals surface area contributed by atoms with E-state index < -0.39 is 5.97 Å². The first-order valence-electron chi connectivity index (χ1n) is 6.93. The van der Waals surface area contributed by atoms with E-state index in [0.29, 0.717) is 16.0 Å². The summed E-state index contributed by atoms with van der Waals surface area (Å²) in [6, 6.07) is 5.64. The number of carboxylic acids is 1. The molecule has 2 N–H and O–H groups in total. The zero-order chi connectivity index (χ0) is 14.5. The SMILES string of the molecule is O=C(O)C1CCC(CNCc2ccc(Cl)c(Cl)c2)CC1. The fourth-order valence-electron chi connectivity index (χ4n) is 2.68. The van der Waals surface area contributed by atoms with Crippen LogP contribution in [-0.2, 0) is 11.3 Å². The summed E-state index contributed by atoms with van der Waals surface area (Å²) in [5.41, 5.74) is 1.11. The fraction of sp³-hybridized carbons (Fsp3) is 0.533. The van der Waals surface area contributed by atoms with Gasteiger partial charge in [-0.3, -0.25) is 4.79 Å². The van der Waals surface area contributed by atoms with Crippen LogP contribution in [0.2, 0.25) is 10.0 Å². The van der Waals surface area contributed by atoms with Crippen LogP contribution in [0.25, 0.3) is 0 Å². The Morgan fingerprint density at radius 1 is 1.20 bits per heavy atom. The third kappa shape index (κ3) is 4.37. The Balaban J connectivity index is 1.71. The minimum atomic E-state index is -0.646. The fourth-order valence-corrected chi connectivity index (χ4v) is 3.00. The van der Waals surface area contributed by atoms with E-state index in [4.69, 9.17) is 28.3 Å². The van der Waals surface area contributed by atoms with Crippen LogP contribution in [0.1, 0.15) is 31.2 Å². The predicted molar refractivity (Wildman–Crippen MR) is 81.3 cm³/mol. The number of hydrogen-bond acceptors (Lipinski definition) is 2. The summed E-state index contributed by atoms with van der Waals surface area (Å²) in [6.45, 7) is 1.68. The number of halogens is 2. The number of carbonyl (C=O) groups is 1. The molecule has 5 heteroatoms. The van der Waals surface area contributed by atoms with E-state index in [1.807, 2.05) is 12.1 Å². The standard InChI is InChI=1S/C15H19Cl2NO2/c16-13-6-3-11(7-14(13)17)9-18-8-10-1-4-12(5-2-10)15(19)20/h3,6-7,10,12,18H,1-2,4-5,8-9H2,(H,19,20). The Hall–Kier alpha value is -0.770. The van der Waals surface area contributed by atoms with Gasteiger partial charge < -0.3 is 10.4 Å². The van der Waals surface area contributed by atoms with Crippen molar-refractivity contribution in [1.82, 2.24) is 5.32 Å². The molecule has 1 aromatic rings. The molecule has 1 aromatic carbocycles. The van der Waals surface area contributed by atoms with Crippen LogP contribution in [0, 0.1) is 11.8 Å². The van der Waals surface area contributed by atoms with Crippen LogP contribution in [0.5, 0.6) is 0 Å². The smallest absolute Gasteiger partial charge is 0.306 e. The van der Waals surface area contributed by atoms with Gasteiger partial charge in [0.05, 0.1) is 16.0 Å². The summed E-state index contributed by atoms with van der Waals surface area (Å²) in [5.74, 6) is -0.207. The lowest BCUT2D eigenvalue weighted by Gasteiger charge is -2.26. The van der Waals surface area contributed by atoms with Crippen LogP contribution in [0.4, 0.5) is 0 Å². The van der Waals surface area contributed by atoms with E-state index in [1.54, 1.807) is 6.07 Å². The van der Waals surface area contributed by atoms with E-state index >= 15 is 0 Å². The van der Waals surface area contributed by atoms with Gasteiger partial charge in [-0.15, -0.1) is 0 Å². The Kier molecular flexibility index (Phi) is 5.70. The lowest BCUT2D eigenvalue weighted by atomic mass is 9.82. The minimum absolute atomic E-state index is 0.138. The number of nitrogens with one attached hydrogen (secondary N) is 1. The largest absolute Gasteiger partial charge is 0.481 e. The second kappa shape index (κ2) is 7.30. The van der Waals surface area contributed by atoms with E-state index in [0.717, 1.165) is 44.3 Å². The van der Waals surface area contributed by atoms with Gasteiger partial charge in [0.25, 0.3) is 0 Å². The van der Waals surface area contributed by atoms with E-state index in [-0.39, 0.29) is 5.92 Å². The average molecular weight is 316 g/mol. The minimum Gasteiger partial charge on any atom is -0.481 e. The summed E-state index contributed by atoms with van der Waals surface area (Å²) in [6.07, 6.45) is 3.58. The molecule has 0 bridgehead atoms. The van der Waals surface area contributed by atoms with Crippen molar-refractivity contribution in [3.05, 3.63) is 33.8 Å². The highest BCUT2D eigenvalue weighted by molar-refractivity contribution is 6.42. The molecule has 0 saturated heterocycles. The zero-order valence-electron chi connectivity index (χ0n) is 11.2. The maximum atomic E-state index is 10.9. The van der Waals surface area contributed by atoms with Crippen LogP contribution in [0.15, 0.2) is 18.2 Å². The summed E-state index contributed by atoms with van der Waals surface area (Å²) < 4.78 is 0. The van der Waals surface area contributed by atoms with Crippen LogP contribution in [0.3, 0.4) is 0 Å². The Morgan fingerprint density at radius 2 is 1.90 bits per heavy atom. The second-order valence-corrected chi connectivity index (χ2v) is 6.25. The second-order valence-electron chi connectivity index (χ2n) is 5.44. The number of carboxylic acid groups (broad SMARTS) is 1. The van der Waals surface area contributed by atoms with Crippen LogP contribution >= 0.6 is 23.2 Å². The number of benzene rings is 1. The molecule has 1 saturated carbocycles. The molecule has 0 radical (unpaired) electrons. The third-order valence-corrected chi connectivity index (χ3v) is 4.68. The molecule has 20 heavy (non-hydrogen) atoms.